The van der Waals surface area contributed by atoms with Gasteiger partial charge in [-0.3, -0.25) is 5.10 Å². The molecule has 0 aliphatic heterocycles. The molecule has 1 heterocycles. The predicted octanol–water partition coefficient (Wildman–Crippen LogP) is 3.44. The first-order valence-corrected chi connectivity index (χ1v) is 6.45. The zero-order valence-corrected chi connectivity index (χ0v) is 10.5. The number of aromatic amines is 1. The summed E-state index contributed by atoms with van der Waals surface area (Å²) in [4.78, 5) is 0. The standard InChI is InChI=1S/C15H18N2/c1-3-14-13-6-4-5-11-9-10(2)7-8-12(11)15(13)17-16-14/h7-9H,3-6H2,1-2H3,(H,16,17). The largest absolute Gasteiger partial charge is 0.282 e. The second kappa shape index (κ2) is 4.02. The van der Waals surface area contributed by atoms with Gasteiger partial charge in [-0.25, -0.2) is 0 Å². The molecule has 0 amide bonds. The zero-order chi connectivity index (χ0) is 11.8. The van der Waals surface area contributed by atoms with Gasteiger partial charge in [0.2, 0.25) is 0 Å². The number of benzene rings is 1. The van der Waals surface area contributed by atoms with Crippen molar-refractivity contribution in [3.05, 3.63) is 40.6 Å². The molecular formula is C15H18N2. The molecule has 0 radical (unpaired) electrons. The van der Waals surface area contributed by atoms with Crippen LogP contribution in [-0.2, 0) is 19.3 Å². The van der Waals surface area contributed by atoms with Crippen LogP contribution in [0.2, 0.25) is 0 Å². The first kappa shape index (κ1) is 10.6. The first-order valence-electron chi connectivity index (χ1n) is 6.45. The first-order chi connectivity index (χ1) is 8.29. The van der Waals surface area contributed by atoms with Gasteiger partial charge in [0.15, 0.2) is 0 Å². The highest BCUT2D eigenvalue weighted by Gasteiger charge is 2.19. The summed E-state index contributed by atoms with van der Waals surface area (Å²) in [5.74, 6) is 0. The Morgan fingerprint density at radius 3 is 3.00 bits per heavy atom. The topological polar surface area (TPSA) is 28.7 Å². The van der Waals surface area contributed by atoms with E-state index in [-0.39, 0.29) is 0 Å². The summed E-state index contributed by atoms with van der Waals surface area (Å²) < 4.78 is 0. The number of hydrogen-bond donors (Lipinski definition) is 1. The lowest BCUT2D eigenvalue weighted by Gasteiger charge is -2.05. The number of aryl methyl sites for hydroxylation is 3. The highest BCUT2D eigenvalue weighted by Crippen LogP contribution is 2.33. The molecular weight excluding hydrogens is 208 g/mol. The lowest BCUT2D eigenvalue weighted by Crippen LogP contribution is -1.90. The van der Waals surface area contributed by atoms with Gasteiger partial charge < -0.3 is 0 Å². The fraction of sp³-hybridized carbons (Fsp3) is 0.400. The summed E-state index contributed by atoms with van der Waals surface area (Å²) in [5, 5.41) is 7.73. The number of aromatic nitrogens is 2. The number of nitrogens with zero attached hydrogens (tertiary/aromatic N) is 1. The van der Waals surface area contributed by atoms with Gasteiger partial charge in [0, 0.05) is 16.8 Å². The highest BCUT2D eigenvalue weighted by atomic mass is 15.1. The summed E-state index contributed by atoms with van der Waals surface area (Å²) in [6, 6.07) is 6.73. The number of rotatable bonds is 1. The normalized spacial score (nSPS) is 14.0. The lowest BCUT2D eigenvalue weighted by molar-refractivity contribution is 0.819. The number of nitrogens with one attached hydrogen (secondary N) is 1. The summed E-state index contributed by atoms with van der Waals surface area (Å²) >= 11 is 0. The average Bonchev–Trinajstić information content (AvgIpc) is 2.64. The van der Waals surface area contributed by atoms with Crippen molar-refractivity contribution in [3.8, 4) is 11.3 Å². The second-order valence-corrected chi connectivity index (χ2v) is 4.90. The fourth-order valence-corrected chi connectivity index (χ4v) is 2.80. The van der Waals surface area contributed by atoms with E-state index < -0.39 is 0 Å². The predicted molar refractivity (Wildman–Crippen MR) is 70.2 cm³/mol. The summed E-state index contributed by atoms with van der Waals surface area (Å²) in [7, 11) is 0. The van der Waals surface area contributed by atoms with Crippen LogP contribution in [0.4, 0.5) is 0 Å². The van der Waals surface area contributed by atoms with Crippen LogP contribution in [0.25, 0.3) is 11.3 Å². The molecule has 1 aromatic carbocycles. The quantitative estimate of drug-likeness (QED) is 0.792. The number of H-pyrrole nitrogens is 1. The van der Waals surface area contributed by atoms with E-state index in [0.29, 0.717) is 0 Å². The van der Waals surface area contributed by atoms with Gasteiger partial charge >= 0.3 is 0 Å². The van der Waals surface area contributed by atoms with Crippen LogP contribution in [0.5, 0.6) is 0 Å². The molecule has 3 rings (SSSR count). The zero-order valence-electron chi connectivity index (χ0n) is 10.5. The molecule has 1 aliphatic carbocycles. The molecule has 1 N–H and O–H groups in total. The van der Waals surface area contributed by atoms with E-state index >= 15 is 0 Å². The molecule has 0 spiro atoms. The average molecular weight is 226 g/mol. The third kappa shape index (κ3) is 1.68. The smallest absolute Gasteiger partial charge is 0.0958 e. The van der Waals surface area contributed by atoms with E-state index in [2.05, 4.69) is 42.2 Å². The van der Waals surface area contributed by atoms with Crippen molar-refractivity contribution in [2.24, 2.45) is 0 Å². The molecule has 17 heavy (non-hydrogen) atoms. The number of hydrogen-bond acceptors (Lipinski definition) is 1. The van der Waals surface area contributed by atoms with Gasteiger partial charge in [0.05, 0.1) is 5.69 Å². The lowest BCUT2D eigenvalue weighted by atomic mass is 9.99. The highest BCUT2D eigenvalue weighted by molar-refractivity contribution is 5.69. The molecule has 2 nitrogen and oxygen atoms in total. The van der Waals surface area contributed by atoms with Crippen LogP contribution >= 0.6 is 0 Å². The van der Waals surface area contributed by atoms with Crippen molar-refractivity contribution >= 4 is 0 Å². The Labute approximate surface area is 102 Å². The van der Waals surface area contributed by atoms with Crippen molar-refractivity contribution < 1.29 is 0 Å². The summed E-state index contributed by atoms with van der Waals surface area (Å²) in [6.07, 6.45) is 4.61. The summed E-state index contributed by atoms with van der Waals surface area (Å²) in [6.45, 7) is 4.35. The molecule has 0 bridgehead atoms. The van der Waals surface area contributed by atoms with Crippen LogP contribution in [0, 0.1) is 6.92 Å². The Hall–Kier alpha value is -1.57. The Bertz CT molecular complexity index is 552. The molecule has 2 heteroatoms. The third-order valence-electron chi connectivity index (χ3n) is 3.70. The molecule has 0 unspecified atom stereocenters. The molecule has 1 aromatic heterocycles. The van der Waals surface area contributed by atoms with Crippen LogP contribution in [0.1, 0.15) is 35.7 Å². The molecule has 2 aromatic rings. The van der Waals surface area contributed by atoms with E-state index in [1.165, 1.54) is 46.5 Å². The maximum Gasteiger partial charge on any atom is 0.0958 e. The minimum Gasteiger partial charge on any atom is -0.282 e. The fourth-order valence-electron chi connectivity index (χ4n) is 2.80. The van der Waals surface area contributed by atoms with Crippen LogP contribution in [0.3, 0.4) is 0 Å². The van der Waals surface area contributed by atoms with Gasteiger partial charge in [-0.2, -0.15) is 5.10 Å². The molecule has 0 saturated carbocycles. The monoisotopic (exact) mass is 226 g/mol. The van der Waals surface area contributed by atoms with E-state index in [9.17, 15) is 0 Å². The van der Waals surface area contributed by atoms with Crippen LogP contribution < -0.4 is 0 Å². The summed E-state index contributed by atoms with van der Waals surface area (Å²) in [5.41, 5.74) is 8.08. The van der Waals surface area contributed by atoms with Crippen molar-refractivity contribution in [1.29, 1.82) is 0 Å². The van der Waals surface area contributed by atoms with Crippen molar-refractivity contribution in [3.63, 3.8) is 0 Å². The van der Waals surface area contributed by atoms with E-state index in [0.717, 1.165) is 12.8 Å². The van der Waals surface area contributed by atoms with Crippen molar-refractivity contribution in [2.75, 3.05) is 0 Å². The SMILES string of the molecule is CCc1[nH]nc2c1CCCc1cc(C)ccc1-2. The molecule has 88 valence electrons. The minimum absolute atomic E-state index is 1.05. The van der Waals surface area contributed by atoms with Crippen molar-refractivity contribution in [2.45, 2.75) is 39.5 Å². The molecule has 0 fully saturated rings. The van der Waals surface area contributed by atoms with Crippen LogP contribution in [0.15, 0.2) is 18.2 Å². The second-order valence-electron chi connectivity index (χ2n) is 4.90. The Balaban J connectivity index is 2.21. The third-order valence-corrected chi connectivity index (χ3v) is 3.70. The van der Waals surface area contributed by atoms with E-state index in [1.807, 2.05) is 0 Å². The van der Waals surface area contributed by atoms with E-state index in [4.69, 9.17) is 0 Å². The maximum atomic E-state index is 4.53. The van der Waals surface area contributed by atoms with Crippen molar-refractivity contribution in [1.82, 2.24) is 10.2 Å². The van der Waals surface area contributed by atoms with E-state index in [1.54, 1.807) is 0 Å². The van der Waals surface area contributed by atoms with Crippen LogP contribution in [-0.4, -0.2) is 10.2 Å². The molecule has 1 aliphatic rings. The van der Waals surface area contributed by atoms with Gasteiger partial charge in [-0.15, -0.1) is 0 Å². The molecule has 0 atom stereocenters. The Morgan fingerprint density at radius 1 is 1.29 bits per heavy atom. The number of fused-ring (bicyclic) bond motifs is 3. The Kier molecular flexibility index (Phi) is 2.50. The maximum absolute atomic E-state index is 4.53. The molecule has 0 saturated heterocycles. The van der Waals surface area contributed by atoms with Gasteiger partial charge in [0.1, 0.15) is 0 Å². The van der Waals surface area contributed by atoms with Gasteiger partial charge in [-0.05, 0) is 38.2 Å². The minimum atomic E-state index is 1.05. The Morgan fingerprint density at radius 2 is 2.18 bits per heavy atom. The van der Waals surface area contributed by atoms with Gasteiger partial charge in [0.25, 0.3) is 0 Å². The van der Waals surface area contributed by atoms with Gasteiger partial charge in [-0.1, -0.05) is 30.7 Å².